The van der Waals surface area contributed by atoms with Crippen LogP contribution in [0.4, 0.5) is 15.8 Å². The SMILES string of the molecule is O=C(Nc1cccc(F)c1)c1cc(NCC(=O)C2C(c3cc(Cl)c(Cl)c(Cl)c3)C2(Cl)Cl)ccc1Cl. The summed E-state index contributed by atoms with van der Waals surface area (Å²) in [7, 11) is 0. The lowest BCUT2D eigenvalue weighted by Gasteiger charge is -2.11. The smallest absolute Gasteiger partial charge is 0.257 e. The highest BCUT2D eigenvalue weighted by Gasteiger charge is 2.67. The molecule has 0 heterocycles. The van der Waals surface area contributed by atoms with E-state index in [0.29, 0.717) is 11.3 Å². The molecule has 0 aliphatic heterocycles. The van der Waals surface area contributed by atoms with E-state index in [0.717, 1.165) is 0 Å². The van der Waals surface area contributed by atoms with Gasteiger partial charge in [-0.25, -0.2) is 4.39 Å². The quantitative estimate of drug-likeness (QED) is 0.214. The van der Waals surface area contributed by atoms with Gasteiger partial charge in [-0.2, -0.15) is 0 Å². The average molecular weight is 595 g/mol. The van der Waals surface area contributed by atoms with Crippen molar-refractivity contribution in [3.63, 3.8) is 0 Å². The Balaban J connectivity index is 1.44. The molecule has 1 fully saturated rings. The number of Topliss-reactive ketones (excluding diaryl/α,β-unsaturated/α-hetero) is 1. The Morgan fingerprint density at radius 1 is 0.886 bits per heavy atom. The molecule has 1 aliphatic carbocycles. The first-order chi connectivity index (χ1) is 16.5. The third kappa shape index (κ3) is 5.66. The molecule has 3 aromatic carbocycles. The second-order valence-electron chi connectivity index (χ2n) is 7.91. The lowest BCUT2D eigenvalue weighted by Crippen LogP contribution is -2.19. The Hall–Kier alpha value is -1.73. The molecule has 0 saturated heterocycles. The van der Waals surface area contributed by atoms with Crippen LogP contribution >= 0.6 is 69.6 Å². The van der Waals surface area contributed by atoms with Gasteiger partial charge in [-0.3, -0.25) is 9.59 Å². The fourth-order valence-electron chi connectivity index (χ4n) is 3.77. The topological polar surface area (TPSA) is 58.2 Å². The highest BCUT2D eigenvalue weighted by Crippen LogP contribution is 2.65. The van der Waals surface area contributed by atoms with Gasteiger partial charge in [-0.1, -0.05) is 52.5 Å². The maximum absolute atomic E-state index is 13.4. The molecule has 35 heavy (non-hydrogen) atoms. The van der Waals surface area contributed by atoms with Crippen molar-refractivity contribution < 1.29 is 14.0 Å². The lowest BCUT2D eigenvalue weighted by atomic mass is 10.1. The summed E-state index contributed by atoms with van der Waals surface area (Å²) >= 11 is 37.2. The van der Waals surface area contributed by atoms with Gasteiger partial charge >= 0.3 is 0 Å². The largest absolute Gasteiger partial charge is 0.378 e. The highest BCUT2D eigenvalue weighted by molar-refractivity contribution is 6.53. The van der Waals surface area contributed by atoms with Gasteiger partial charge in [0, 0.05) is 17.3 Å². The number of carbonyl (C=O) groups is 2. The molecule has 2 unspecified atom stereocenters. The molecule has 0 aromatic heterocycles. The van der Waals surface area contributed by atoms with E-state index in [2.05, 4.69) is 10.6 Å². The third-order valence-electron chi connectivity index (χ3n) is 5.53. The van der Waals surface area contributed by atoms with Gasteiger partial charge in [-0.05, 0) is 54.1 Å². The number of alkyl halides is 2. The lowest BCUT2D eigenvalue weighted by molar-refractivity contribution is -0.118. The van der Waals surface area contributed by atoms with Gasteiger partial charge < -0.3 is 10.6 Å². The first kappa shape index (κ1) is 26.3. The maximum atomic E-state index is 13.4. The van der Waals surface area contributed by atoms with Crippen molar-refractivity contribution in [2.24, 2.45) is 5.92 Å². The molecule has 3 aromatic rings. The first-order valence-electron chi connectivity index (χ1n) is 10.1. The van der Waals surface area contributed by atoms with Crippen LogP contribution in [-0.4, -0.2) is 22.6 Å². The predicted molar refractivity (Wildman–Crippen MR) is 141 cm³/mol. The fraction of sp³-hybridized carbons (Fsp3) is 0.167. The van der Waals surface area contributed by atoms with Crippen LogP contribution in [0.15, 0.2) is 54.6 Å². The van der Waals surface area contributed by atoms with Crippen LogP contribution in [0, 0.1) is 11.7 Å². The summed E-state index contributed by atoms with van der Waals surface area (Å²) in [6.07, 6.45) is 0. The number of benzene rings is 3. The van der Waals surface area contributed by atoms with Crippen LogP contribution in [0.2, 0.25) is 20.1 Å². The molecule has 4 rings (SSSR count). The van der Waals surface area contributed by atoms with E-state index in [1.165, 1.54) is 30.3 Å². The summed E-state index contributed by atoms with van der Waals surface area (Å²) in [6, 6.07) is 13.3. The fourth-order valence-corrected chi connectivity index (χ4v) is 5.46. The van der Waals surface area contributed by atoms with Gasteiger partial charge in [0.15, 0.2) is 5.78 Å². The molecule has 0 radical (unpaired) electrons. The second-order valence-corrected chi connectivity index (χ2v) is 11.0. The van der Waals surface area contributed by atoms with Crippen molar-refractivity contribution in [3.05, 3.63) is 91.6 Å². The minimum Gasteiger partial charge on any atom is -0.378 e. The number of halogens is 7. The third-order valence-corrected chi connectivity index (χ3v) is 7.99. The first-order valence-corrected chi connectivity index (χ1v) is 12.4. The summed E-state index contributed by atoms with van der Waals surface area (Å²) in [5, 5.41) is 6.42. The van der Waals surface area contributed by atoms with E-state index in [4.69, 9.17) is 69.6 Å². The van der Waals surface area contributed by atoms with Crippen LogP contribution in [0.5, 0.6) is 0 Å². The zero-order valence-corrected chi connectivity index (χ0v) is 22.1. The van der Waals surface area contributed by atoms with Gasteiger partial charge in [0.25, 0.3) is 5.91 Å². The minimum atomic E-state index is -1.32. The minimum absolute atomic E-state index is 0.107. The standard InChI is InChI=1S/C24H15Cl6FN2O2/c25-16-5-4-13(9-15(16)23(35)33-14-3-1-2-12(31)8-14)32-10-19(34)21-20(24(21,29)30)11-6-17(26)22(28)18(27)7-11/h1-9,20-21,32H,10H2,(H,33,35). The summed E-state index contributed by atoms with van der Waals surface area (Å²) in [4.78, 5) is 25.5. The van der Waals surface area contributed by atoms with E-state index in [1.807, 2.05) is 0 Å². The van der Waals surface area contributed by atoms with Crippen molar-refractivity contribution in [1.29, 1.82) is 0 Å². The Kier molecular flexibility index (Phi) is 7.77. The van der Waals surface area contributed by atoms with Crippen molar-refractivity contribution >= 4 is 92.7 Å². The number of amides is 1. The number of ketones is 1. The molecule has 182 valence electrons. The van der Waals surface area contributed by atoms with E-state index in [9.17, 15) is 14.0 Å². The van der Waals surface area contributed by atoms with Gasteiger partial charge in [-0.15, -0.1) is 23.2 Å². The summed E-state index contributed by atoms with van der Waals surface area (Å²) in [5.41, 5.74) is 1.50. The number of hydrogen-bond donors (Lipinski definition) is 2. The number of hydrogen-bond acceptors (Lipinski definition) is 3. The van der Waals surface area contributed by atoms with Gasteiger partial charge in [0.1, 0.15) is 10.2 Å². The van der Waals surface area contributed by atoms with Crippen LogP contribution in [0.1, 0.15) is 21.8 Å². The Morgan fingerprint density at radius 3 is 2.23 bits per heavy atom. The Morgan fingerprint density at radius 2 is 1.57 bits per heavy atom. The normalized spacial score (nSPS) is 18.1. The molecular formula is C24H15Cl6FN2O2. The Bertz CT molecular complexity index is 1310. The molecule has 1 saturated carbocycles. The molecular weight excluding hydrogens is 580 g/mol. The second kappa shape index (κ2) is 10.3. The molecule has 0 bridgehead atoms. The summed E-state index contributed by atoms with van der Waals surface area (Å²) in [6.45, 7) is -0.107. The van der Waals surface area contributed by atoms with Crippen LogP contribution in [-0.2, 0) is 4.79 Å². The number of carbonyl (C=O) groups excluding carboxylic acids is 2. The molecule has 0 spiro atoms. The van der Waals surface area contributed by atoms with Crippen LogP contribution < -0.4 is 10.6 Å². The molecule has 2 N–H and O–H groups in total. The number of rotatable bonds is 7. The van der Waals surface area contributed by atoms with E-state index in [1.54, 1.807) is 24.3 Å². The number of anilines is 2. The molecule has 2 atom stereocenters. The predicted octanol–water partition coefficient (Wildman–Crippen LogP) is 8.26. The molecule has 11 heteroatoms. The number of nitrogens with one attached hydrogen (secondary N) is 2. The summed E-state index contributed by atoms with van der Waals surface area (Å²) < 4.78 is 12.1. The summed E-state index contributed by atoms with van der Waals surface area (Å²) in [5.74, 6) is -2.48. The van der Waals surface area contributed by atoms with E-state index in [-0.39, 0.29) is 43.7 Å². The maximum Gasteiger partial charge on any atom is 0.257 e. The van der Waals surface area contributed by atoms with Gasteiger partial charge in [0.05, 0.1) is 38.1 Å². The van der Waals surface area contributed by atoms with Crippen LogP contribution in [0.25, 0.3) is 0 Å². The zero-order chi connectivity index (χ0) is 25.5. The van der Waals surface area contributed by atoms with E-state index >= 15 is 0 Å². The zero-order valence-electron chi connectivity index (χ0n) is 17.5. The van der Waals surface area contributed by atoms with Crippen molar-refractivity contribution in [1.82, 2.24) is 0 Å². The average Bonchev–Trinajstić information content (AvgIpc) is 3.38. The van der Waals surface area contributed by atoms with E-state index < -0.39 is 27.9 Å². The highest BCUT2D eigenvalue weighted by atomic mass is 35.5. The van der Waals surface area contributed by atoms with Crippen molar-refractivity contribution in [2.75, 3.05) is 17.2 Å². The molecule has 1 aliphatic rings. The van der Waals surface area contributed by atoms with Crippen molar-refractivity contribution in [3.8, 4) is 0 Å². The van der Waals surface area contributed by atoms with Crippen LogP contribution in [0.3, 0.4) is 0 Å². The molecule has 1 amide bonds. The van der Waals surface area contributed by atoms with Crippen molar-refractivity contribution in [2.45, 2.75) is 10.3 Å². The monoisotopic (exact) mass is 592 g/mol. The molecule has 4 nitrogen and oxygen atoms in total. The Labute approximate surface area is 230 Å². The van der Waals surface area contributed by atoms with Gasteiger partial charge in [0.2, 0.25) is 0 Å².